The van der Waals surface area contributed by atoms with Gasteiger partial charge in [0.25, 0.3) is 5.91 Å². The van der Waals surface area contributed by atoms with Crippen molar-refractivity contribution in [2.75, 3.05) is 6.54 Å². The number of halogens is 1. The molecule has 1 aliphatic heterocycles. The number of alkyl halides is 1. The van der Waals surface area contributed by atoms with Crippen LogP contribution in [0.25, 0.3) is 11.1 Å². The van der Waals surface area contributed by atoms with E-state index in [-0.39, 0.29) is 29.2 Å². The van der Waals surface area contributed by atoms with Crippen LogP contribution in [0.15, 0.2) is 40.3 Å². The molecule has 1 aromatic heterocycles. The molecule has 2 unspecified atom stereocenters. The highest BCUT2D eigenvalue weighted by Gasteiger charge is 2.35. The first-order valence-electron chi connectivity index (χ1n) is 9.35. The molecule has 2 atom stereocenters. The standard InChI is InChI=1S/C21H26ClN3O2S/c1-6-9-25-13(2)19(22)20(28-25)24-17(26)11-14-7-8-16-15(10-14)23-18(27-16)12-21(3,4)5/h6-8,10,13,19H,1,9,11-12H2,2-5H3. The lowest BCUT2D eigenvalue weighted by Gasteiger charge is -2.16. The van der Waals surface area contributed by atoms with Crippen molar-refractivity contribution in [3.63, 3.8) is 0 Å². The summed E-state index contributed by atoms with van der Waals surface area (Å²) < 4.78 is 7.89. The van der Waals surface area contributed by atoms with Gasteiger partial charge in [-0.2, -0.15) is 0 Å². The Morgan fingerprint density at radius 3 is 2.89 bits per heavy atom. The molecule has 1 saturated heterocycles. The molecule has 0 saturated carbocycles. The minimum atomic E-state index is -0.285. The summed E-state index contributed by atoms with van der Waals surface area (Å²) in [5, 5.41) is 0.364. The van der Waals surface area contributed by atoms with E-state index in [0.29, 0.717) is 11.6 Å². The second-order valence-electron chi connectivity index (χ2n) is 8.29. The van der Waals surface area contributed by atoms with E-state index in [2.05, 4.69) is 41.6 Å². The molecule has 0 spiro atoms. The zero-order valence-corrected chi connectivity index (χ0v) is 18.3. The average molecular weight is 420 g/mol. The lowest BCUT2D eigenvalue weighted by molar-refractivity contribution is -0.117. The summed E-state index contributed by atoms with van der Waals surface area (Å²) in [6.45, 7) is 12.9. The zero-order valence-electron chi connectivity index (χ0n) is 16.7. The number of carbonyl (C=O) groups excluding carboxylic acids is 1. The number of rotatable bonds is 5. The van der Waals surface area contributed by atoms with Crippen LogP contribution in [0, 0.1) is 5.41 Å². The van der Waals surface area contributed by atoms with Gasteiger partial charge in [0.2, 0.25) is 0 Å². The number of nitrogens with zero attached hydrogens (tertiary/aromatic N) is 3. The Labute approximate surface area is 175 Å². The maximum absolute atomic E-state index is 12.5. The number of hydrogen-bond donors (Lipinski definition) is 0. The van der Waals surface area contributed by atoms with Gasteiger partial charge in [0, 0.05) is 19.0 Å². The molecule has 2 aromatic rings. The molecule has 7 heteroatoms. The smallest absolute Gasteiger partial charge is 0.250 e. The topological polar surface area (TPSA) is 58.7 Å². The summed E-state index contributed by atoms with van der Waals surface area (Å²) >= 11 is 7.87. The molecular formula is C21H26ClN3O2S. The predicted octanol–water partition coefficient (Wildman–Crippen LogP) is 5.03. The molecule has 1 amide bonds. The van der Waals surface area contributed by atoms with E-state index in [0.717, 1.165) is 29.0 Å². The van der Waals surface area contributed by atoms with Gasteiger partial charge in [-0.25, -0.2) is 14.3 Å². The van der Waals surface area contributed by atoms with Crippen LogP contribution < -0.4 is 0 Å². The van der Waals surface area contributed by atoms with E-state index >= 15 is 0 Å². The van der Waals surface area contributed by atoms with Gasteiger partial charge < -0.3 is 4.42 Å². The van der Waals surface area contributed by atoms with Gasteiger partial charge in [-0.15, -0.1) is 18.2 Å². The fourth-order valence-corrected chi connectivity index (χ4v) is 4.54. The number of fused-ring (bicyclic) bond motifs is 1. The van der Waals surface area contributed by atoms with Crippen LogP contribution in [-0.4, -0.2) is 38.2 Å². The summed E-state index contributed by atoms with van der Waals surface area (Å²) in [7, 11) is 0. The van der Waals surface area contributed by atoms with E-state index in [9.17, 15) is 4.79 Å². The third-order valence-corrected chi connectivity index (χ3v) is 6.35. The molecule has 150 valence electrons. The van der Waals surface area contributed by atoms with Crippen LogP contribution in [-0.2, 0) is 17.6 Å². The van der Waals surface area contributed by atoms with Crippen molar-refractivity contribution in [3.05, 3.63) is 42.3 Å². The number of oxazole rings is 1. The van der Waals surface area contributed by atoms with Gasteiger partial charge in [0.15, 0.2) is 11.5 Å². The van der Waals surface area contributed by atoms with Crippen molar-refractivity contribution in [1.82, 2.24) is 9.29 Å². The van der Waals surface area contributed by atoms with Gasteiger partial charge in [-0.3, -0.25) is 4.79 Å². The average Bonchev–Trinajstić information content (AvgIpc) is 3.09. The van der Waals surface area contributed by atoms with E-state index in [1.54, 1.807) is 0 Å². The number of aromatic nitrogens is 1. The van der Waals surface area contributed by atoms with Gasteiger partial charge in [0.05, 0.1) is 11.8 Å². The highest BCUT2D eigenvalue weighted by atomic mass is 35.5. The van der Waals surface area contributed by atoms with E-state index in [1.165, 1.54) is 11.9 Å². The normalized spacial score (nSPS) is 22.2. The Kier molecular flexibility index (Phi) is 6.32. The maximum atomic E-state index is 12.5. The summed E-state index contributed by atoms with van der Waals surface area (Å²) in [6.07, 6.45) is 2.79. The van der Waals surface area contributed by atoms with Crippen LogP contribution in [0.1, 0.15) is 39.1 Å². The first kappa shape index (κ1) is 21.1. The minimum Gasteiger partial charge on any atom is -0.441 e. The van der Waals surface area contributed by atoms with Crippen LogP contribution in [0.5, 0.6) is 0 Å². The SMILES string of the molecule is C=CCN1SC(=NC(=O)Cc2ccc3oc(CC(C)(C)C)nc3c2)C(Cl)C1C. The van der Waals surface area contributed by atoms with Crippen LogP contribution in [0.3, 0.4) is 0 Å². The van der Waals surface area contributed by atoms with Gasteiger partial charge in [-0.05, 0) is 42.0 Å². The first-order chi connectivity index (χ1) is 13.2. The summed E-state index contributed by atoms with van der Waals surface area (Å²) in [5.41, 5.74) is 2.47. The minimum absolute atomic E-state index is 0.101. The Morgan fingerprint density at radius 1 is 1.46 bits per heavy atom. The molecule has 0 N–H and O–H groups in total. The monoisotopic (exact) mass is 419 g/mol. The summed E-state index contributed by atoms with van der Waals surface area (Å²) in [6, 6.07) is 5.76. The molecule has 0 bridgehead atoms. The number of amides is 1. The number of benzene rings is 1. The van der Waals surface area contributed by atoms with Crippen LogP contribution >= 0.6 is 23.5 Å². The number of aliphatic imine (C=N–C) groups is 1. The molecular weight excluding hydrogens is 394 g/mol. The largest absolute Gasteiger partial charge is 0.441 e. The highest BCUT2D eigenvalue weighted by Crippen LogP contribution is 2.33. The zero-order chi connectivity index (χ0) is 20.5. The maximum Gasteiger partial charge on any atom is 0.250 e. The first-order valence-corrected chi connectivity index (χ1v) is 10.6. The molecule has 5 nitrogen and oxygen atoms in total. The number of carbonyl (C=O) groups is 1. The fraction of sp³-hybridized carbons (Fsp3) is 0.476. The molecule has 1 aliphatic rings. The second kappa shape index (κ2) is 8.39. The molecule has 2 heterocycles. The summed E-state index contributed by atoms with van der Waals surface area (Å²) in [5.74, 6) is 0.508. The van der Waals surface area contributed by atoms with Gasteiger partial charge in [0.1, 0.15) is 10.6 Å². The molecule has 3 rings (SSSR count). The molecule has 1 fully saturated rings. The third-order valence-electron chi connectivity index (χ3n) is 4.40. The molecule has 0 radical (unpaired) electrons. The van der Waals surface area contributed by atoms with E-state index in [4.69, 9.17) is 16.0 Å². The lowest BCUT2D eigenvalue weighted by atomic mass is 9.92. The molecule has 0 aliphatic carbocycles. The van der Waals surface area contributed by atoms with Crippen molar-refractivity contribution >= 4 is 45.6 Å². The van der Waals surface area contributed by atoms with Crippen molar-refractivity contribution in [2.45, 2.75) is 52.0 Å². The van der Waals surface area contributed by atoms with Crippen LogP contribution in [0.4, 0.5) is 0 Å². The summed E-state index contributed by atoms with van der Waals surface area (Å²) in [4.78, 5) is 21.3. The van der Waals surface area contributed by atoms with Gasteiger partial charge >= 0.3 is 0 Å². The Hall–Kier alpha value is -1.63. The fourth-order valence-electron chi connectivity index (χ4n) is 3.02. The van der Waals surface area contributed by atoms with Crippen molar-refractivity contribution < 1.29 is 9.21 Å². The quantitative estimate of drug-likeness (QED) is 0.386. The molecule has 28 heavy (non-hydrogen) atoms. The van der Waals surface area contributed by atoms with Crippen LogP contribution in [0.2, 0.25) is 0 Å². The Balaban J connectivity index is 1.71. The highest BCUT2D eigenvalue weighted by molar-refractivity contribution is 8.12. The Bertz CT molecular complexity index is 916. The second-order valence-corrected chi connectivity index (χ2v) is 9.83. The van der Waals surface area contributed by atoms with E-state index in [1.807, 2.05) is 31.2 Å². The molecule has 1 aromatic carbocycles. The van der Waals surface area contributed by atoms with Gasteiger partial charge in [-0.1, -0.05) is 32.9 Å². The Morgan fingerprint density at radius 2 is 2.21 bits per heavy atom. The van der Waals surface area contributed by atoms with Crippen molar-refractivity contribution in [1.29, 1.82) is 0 Å². The van der Waals surface area contributed by atoms with Crippen molar-refractivity contribution in [3.8, 4) is 0 Å². The lowest BCUT2D eigenvalue weighted by Crippen LogP contribution is -2.28. The third kappa shape index (κ3) is 5.04. The number of hydrogen-bond acceptors (Lipinski definition) is 5. The van der Waals surface area contributed by atoms with Crippen molar-refractivity contribution in [2.24, 2.45) is 10.4 Å². The predicted molar refractivity (Wildman–Crippen MR) is 117 cm³/mol. The van der Waals surface area contributed by atoms with E-state index < -0.39 is 0 Å².